The number of nitrogens with zero attached hydrogens (tertiary/aromatic N) is 5. The van der Waals surface area contributed by atoms with Crippen LogP contribution in [-0.2, 0) is 10.0 Å². The van der Waals surface area contributed by atoms with E-state index in [1.807, 2.05) is 30.5 Å². The van der Waals surface area contributed by atoms with Gasteiger partial charge in [-0.1, -0.05) is 18.2 Å². The molecule has 2 fully saturated rings. The van der Waals surface area contributed by atoms with Crippen molar-refractivity contribution in [3.05, 3.63) is 54.2 Å². The molecule has 2 aromatic rings. The van der Waals surface area contributed by atoms with Crippen molar-refractivity contribution in [3.8, 4) is 0 Å². The van der Waals surface area contributed by atoms with Crippen molar-refractivity contribution in [2.75, 3.05) is 44.2 Å². The van der Waals surface area contributed by atoms with Crippen LogP contribution in [0, 0.1) is 0 Å². The van der Waals surface area contributed by atoms with E-state index in [1.54, 1.807) is 12.1 Å². The molecule has 0 atom stereocenters. The standard InChI is InChI=1S/C19H21N5O2S/c25-27(26)17-6-2-1-5-16(17)19(21-27)24-13-15(14-24)22-9-11-23(12-10-22)18-7-3-4-8-20-18/h1-8,15H,9-14H2. The molecule has 0 bridgehead atoms. The molecule has 5 rings (SSSR count). The normalized spacial score (nSPS) is 22.3. The SMILES string of the molecule is O=S1(=O)N=C(N2CC(N3CCN(c4ccccn4)CC3)C2)c2ccccc21. The Morgan fingerprint density at radius 1 is 0.889 bits per heavy atom. The van der Waals surface area contributed by atoms with Crippen LogP contribution in [0.3, 0.4) is 0 Å². The Hall–Kier alpha value is -2.45. The Balaban J connectivity index is 1.21. The molecule has 1 aromatic carbocycles. The lowest BCUT2D eigenvalue weighted by atomic mass is 10.0. The van der Waals surface area contributed by atoms with Crippen LogP contribution in [0.5, 0.6) is 0 Å². The Labute approximate surface area is 159 Å². The Bertz CT molecular complexity index is 978. The lowest BCUT2D eigenvalue weighted by Crippen LogP contribution is -2.64. The molecule has 1 aromatic heterocycles. The zero-order valence-corrected chi connectivity index (χ0v) is 15.7. The molecule has 0 saturated carbocycles. The molecule has 4 heterocycles. The lowest BCUT2D eigenvalue weighted by Gasteiger charge is -2.49. The highest BCUT2D eigenvalue weighted by Crippen LogP contribution is 2.30. The summed E-state index contributed by atoms with van der Waals surface area (Å²) in [4.78, 5) is 11.6. The Kier molecular flexibility index (Phi) is 3.91. The lowest BCUT2D eigenvalue weighted by molar-refractivity contribution is 0.0757. The maximum atomic E-state index is 12.2. The summed E-state index contributed by atoms with van der Waals surface area (Å²) in [6, 6.07) is 13.6. The Morgan fingerprint density at radius 2 is 1.63 bits per heavy atom. The monoisotopic (exact) mass is 383 g/mol. The molecule has 3 aliphatic heterocycles. The first-order valence-electron chi connectivity index (χ1n) is 9.21. The van der Waals surface area contributed by atoms with Gasteiger partial charge in [-0.2, -0.15) is 8.42 Å². The van der Waals surface area contributed by atoms with Crippen LogP contribution in [-0.4, -0.2) is 74.3 Å². The third kappa shape index (κ3) is 2.89. The van der Waals surface area contributed by atoms with Gasteiger partial charge in [-0.25, -0.2) is 4.98 Å². The van der Waals surface area contributed by atoms with E-state index in [-0.39, 0.29) is 0 Å². The maximum absolute atomic E-state index is 12.2. The smallest absolute Gasteiger partial charge is 0.285 e. The summed E-state index contributed by atoms with van der Waals surface area (Å²) in [6.07, 6.45) is 1.83. The quantitative estimate of drug-likeness (QED) is 0.772. The third-order valence-electron chi connectivity index (χ3n) is 5.58. The fourth-order valence-electron chi connectivity index (χ4n) is 4.03. The van der Waals surface area contributed by atoms with Gasteiger partial charge >= 0.3 is 0 Å². The van der Waals surface area contributed by atoms with Gasteiger partial charge in [0.25, 0.3) is 10.0 Å². The summed E-state index contributed by atoms with van der Waals surface area (Å²) in [6.45, 7) is 5.57. The molecule has 0 N–H and O–H groups in total. The van der Waals surface area contributed by atoms with Crippen LogP contribution in [0.4, 0.5) is 5.82 Å². The highest BCUT2D eigenvalue weighted by molar-refractivity contribution is 7.90. The number of hydrogen-bond acceptors (Lipinski definition) is 6. The molecule has 2 saturated heterocycles. The maximum Gasteiger partial charge on any atom is 0.285 e. The van der Waals surface area contributed by atoms with E-state index < -0.39 is 10.0 Å². The van der Waals surface area contributed by atoms with Gasteiger partial charge in [-0.3, -0.25) is 4.90 Å². The molecule has 0 unspecified atom stereocenters. The molecule has 0 aliphatic carbocycles. The summed E-state index contributed by atoms with van der Waals surface area (Å²) in [7, 11) is -3.54. The molecule has 7 nitrogen and oxygen atoms in total. The largest absolute Gasteiger partial charge is 0.354 e. The zero-order chi connectivity index (χ0) is 18.4. The van der Waals surface area contributed by atoms with Crippen molar-refractivity contribution in [2.45, 2.75) is 10.9 Å². The van der Waals surface area contributed by atoms with Crippen molar-refractivity contribution < 1.29 is 8.42 Å². The van der Waals surface area contributed by atoms with Crippen molar-refractivity contribution >= 4 is 21.7 Å². The van der Waals surface area contributed by atoms with Crippen LogP contribution in [0.2, 0.25) is 0 Å². The predicted octanol–water partition coefficient (Wildman–Crippen LogP) is 1.04. The number of sulfonamides is 1. The summed E-state index contributed by atoms with van der Waals surface area (Å²) in [5, 5.41) is 0. The average molecular weight is 383 g/mol. The molecule has 140 valence electrons. The van der Waals surface area contributed by atoms with E-state index in [4.69, 9.17) is 0 Å². The second kappa shape index (κ2) is 6.31. The van der Waals surface area contributed by atoms with Crippen LogP contribution in [0.15, 0.2) is 58.0 Å². The number of pyridine rings is 1. The van der Waals surface area contributed by atoms with Gasteiger partial charge in [0.05, 0.1) is 0 Å². The third-order valence-corrected chi connectivity index (χ3v) is 6.90. The Morgan fingerprint density at radius 3 is 2.37 bits per heavy atom. The number of anilines is 1. The van der Waals surface area contributed by atoms with Gasteiger partial charge in [0.1, 0.15) is 10.7 Å². The second-order valence-electron chi connectivity index (χ2n) is 7.16. The van der Waals surface area contributed by atoms with Crippen LogP contribution in [0.1, 0.15) is 5.56 Å². The highest BCUT2D eigenvalue weighted by atomic mass is 32.2. The number of hydrogen-bond donors (Lipinski definition) is 0. The van der Waals surface area contributed by atoms with Crippen LogP contribution in [0.25, 0.3) is 0 Å². The van der Waals surface area contributed by atoms with E-state index in [9.17, 15) is 8.42 Å². The molecular weight excluding hydrogens is 362 g/mol. The number of likely N-dealkylation sites (tertiary alicyclic amines) is 1. The van der Waals surface area contributed by atoms with E-state index in [2.05, 4.69) is 30.1 Å². The molecule has 0 spiro atoms. The van der Waals surface area contributed by atoms with Gasteiger partial charge in [0.15, 0.2) is 5.84 Å². The van der Waals surface area contributed by atoms with Gasteiger partial charge in [0, 0.05) is 57.1 Å². The van der Waals surface area contributed by atoms with Crippen molar-refractivity contribution in [1.29, 1.82) is 0 Å². The van der Waals surface area contributed by atoms with Crippen molar-refractivity contribution in [2.24, 2.45) is 4.40 Å². The predicted molar refractivity (Wildman–Crippen MR) is 104 cm³/mol. The molecular formula is C19H21N5O2S. The topological polar surface area (TPSA) is 69.1 Å². The summed E-state index contributed by atoms with van der Waals surface area (Å²) >= 11 is 0. The first kappa shape index (κ1) is 16.7. The van der Waals surface area contributed by atoms with E-state index in [0.717, 1.165) is 50.6 Å². The van der Waals surface area contributed by atoms with Gasteiger partial charge < -0.3 is 9.80 Å². The molecule has 3 aliphatic rings. The fraction of sp³-hybridized carbons (Fsp3) is 0.368. The van der Waals surface area contributed by atoms with Crippen LogP contribution < -0.4 is 4.90 Å². The summed E-state index contributed by atoms with van der Waals surface area (Å²) in [5.41, 5.74) is 0.732. The number of piperazine rings is 1. The van der Waals surface area contributed by atoms with E-state index in [0.29, 0.717) is 16.8 Å². The summed E-state index contributed by atoms with van der Waals surface area (Å²) < 4.78 is 28.5. The second-order valence-corrected chi connectivity index (χ2v) is 8.73. The van der Waals surface area contributed by atoms with Crippen molar-refractivity contribution in [3.63, 3.8) is 0 Å². The number of aromatic nitrogens is 1. The first-order valence-corrected chi connectivity index (χ1v) is 10.7. The first-order chi connectivity index (χ1) is 13.1. The highest BCUT2D eigenvalue weighted by Gasteiger charge is 2.40. The number of amidine groups is 1. The molecule has 0 radical (unpaired) electrons. The fourth-order valence-corrected chi connectivity index (χ4v) is 5.26. The van der Waals surface area contributed by atoms with E-state index in [1.165, 1.54) is 0 Å². The number of benzene rings is 1. The van der Waals surface area contributed by atoms with Gasteiger partial charge in [-0.15, -0.1) is 4.40 Å². The van der Waals surface area contributed by atoms with E-state index >= 15 is 0 Å². The minimum absolute atomic E-state index is 0.326. The zero-order valence-electron chi connectivity index (χ0n) is 14.9. The van der Waals surface area contributed by atoms with Gasteiger partial charge in [0.2, 0.25) is 0 Å². The average Bonchev–Trinajstić information content (AvgIpc) is 2.93. The van der Waals surface area contributed by atoms with Crippen molar-refractivity contribution in [1.82, 2.24) is 14.8 Å². The minimum Gasteiger partial charge on any atom is -0.354 e. The number of fused-ring (bicyclic) bond motifs is 1. The molecule has 8 heteroatoms. The van der Waals surface area contributed by atoms with Gasteiger partial charge in [-0.05, 0) is 24.3 Å². The molecule has 0 amide bonds. The summed E-state index contributed by atoms with van der Waals surface area (Å²) in [5.74, 6) is 1.64. The molecule has 27 heavy (non-hydrogen) atoms. The van der Waals surface area contributed by atoms with Crippen LogP contribution >= 0.6 is 0 Å². The number of rotatable bonds is 2. The minimum atomic E-state index is -3.54.